The molecule has 3 atom stereocenters. The first-order chi connectivity index (χ1) is 12.0. The van der Waals surface area contributed by atoms with Crippen LogP contribution in [0.4, 0.5) is 0 Å². The summed E-state index contributed by atoms with van der Waals surface area (Å²) in [5, 5.41) is 9.32. The SMILES string of the molecule is C[C@@H]1[C@H](C(=O)O)CCCN1C(=O)C1CC(=O)N(Cc2ccccc2)C1. The summed E-state index contributed by atoms with van der Waals surface area (Å²) in [6.07, 6.45) is 1.51. The van der Waals surface area contributed by atoms with Gasteiger partial charge in [-0.15, -0.1) is 0 Å². The van der Waals surface area contributed by atoms with E-state index in [0.29, 0.717) is 32.5 Å². The molecule has 0 bridgehead atoms. The highest BCUT2D eigenvalue weighted by molar-refractivity contribution is 5.89. The summed E-state index contributed by atoms with van der Waals surface area (Å²) in [5.41, 5.74) is 1.04. The van der Waals surface area contributed by atoms with Gasteiger partial charge in [0.25, 0.3) is 0 Å². The Labute approximate surface area is 147 Å². The maximum Gasteiger partial charge on any atom is 0.308 e. The molecule has 0 aromatic heterocycles. The average molecular weight is 344 g/mol. The minimum atomic E-state index is -0.849. The number of aliphatic carboxylic acids is 1. The predicted octanol–water partition coefficient (Wildman–Crippen LogP) is 1.75. The molecule has 0 aliphatic carbocycles. The zero-order valence-electron chi connectivity index (χ0n) is 14.4. The Bertz CT molecular complexity index is 661. The first kappa shape index (κ1) is 17.5. The average Bonchev–Trinajstić information content (AvgIpc) is 2.96. The van der Waals surface area contributed by atoms with Crippen LogP contribution in [0.25, 0.3) is 0 Å². The molecule has 2 saturated heterocycles. The number of benzene rings is 1. The molecule has 6 heteroatoms. The van der Waals surface area contributed by atoms with Crippen LogP contribution in [0.2, 0.25) is 0 Å². The minimum Gasteiger partial charge on any atom is -0.481 e. The standard InChI is InChI=1S/C19H24N2O4/c1-13-16(19(24)25)8-5-9-21(13)18(23)15-10-17(22)20(12-15)11-14-6-3-2-4-7-14/h2-4,6-7,13,15-16H,5,8-12H2,1H3,(H,24,25)/t13-,15?,16-/m1/s1. The largest absolute Gasteiger partial charge is 0.481 e. The number of carbonyl (C=O) groups excluding carboxylic acids is 2. The van der Waals surface area contributed by atoms with E-state index in [-0.39, 0.29) is 30.2 Å². The zero-order valence-corrected chi connectivity index (χ0v) is 14.4. The van der Waals surface area contributed by atoms with Gasteiger partial charge in [0.05, 0.1) is 11.8 Å². The Hall–Kier alpha value is -2.37. The summed E-state index contributed by atoms with van der Waals surface area (Å²) in [7, 11) is 0. The molecule has 2 aliphatic heterocycles. The van der Waals surface area contributed by atoms with Crippen molar-refractivity contribution in [1.29, 1.82) is 0 Å². The van der Waals surface area contributed by atoms with Crippen molar-refractivity contribution in [3.63, 3.8) is 0 Å². The molecule has 2 fully saturated rings. The molecular formula is C19H24N2O4. The normalized spacial score (nSPS) is 26.8. The Morgan fingerprint density at radius 3 is 2.64 bits per heavy atom. The number of nitrogens with zero attached hydrogens (tertiary/aromatic N) is 2. The summed E-state index contributed by atoms with van der Waals surface area (Å²) in [4.78, 5) is 39.9. The molecule has 1 aromatic rings. The van der Waals surface area contributed by atoms with E-state index in [9.17, 15) is 19.5 Å². The van der Waals surface area contributed by atoms with E-state index >= 15 is 0 Å². The quantitative estimate of drug-likeness (QED) is 0.903. The molecule has 0 radical (unpaired) electrons. The Morgan fingerprint density at radius 2 is 1.96 bits per heavy atom. The van der Waals surface area contributed by atoms with Gasteiger partial charge in [-0.25, -0.2) is 0 Å². The molecule has 1 unspecified atom stereocenters. The second kappa shape index (κ2) is 7.25. The fourth-order valence-electron chi connectivity index (χ4n) is 3.91. The van der Waals surface area contributed by atoms with Gasteiger partial charge >= 0.3 is 5.97 Å². The zero-order chi connectivity index (χ0) is 18.0. The van der Waals surface area contributed by atoms with Gasteiger partial charge in [0, 0.05) is 32.1 Å². The van der Waals surface area contributed by atoms with E-state index in [2.05, 4.69) is 0 Å². The Morgan fingerprint density at radius 1 is 1.24 bits per heavy atom. The van der Waals surface area contributed by atoms with Crippen molar-refractivity contribution in [3.8, 4) is 0 Å². The molecule has 1 N–H and O–H groups in total. The van der Waals surface area contributed by atoms with Crippen molar-refractivity contribution in [1.82, 2.24) is 9.80 Å². The third kappa shape index (κ3) is 3.67. The van der Waals surface area contributed by atoms with Gasteiger partial charge in [0.15, 0.2) is 0 Å². The van der Waals surface area contributed by atoms with E-state index in [4.69, 9.17) is 0 Å². The molecule has 2 aliphatic rings. The maximum absolute atomic E-state index is 12.9. The van der Waals surface area contributed by atoms with Crippen molar-refractivity contribution >= 4 is 17.8 Å². The monoisotopic (exact) mass is 344 g/mol. The van der Waals surface area contributed by atoms with E-state index < -0.39 is 11.9 Å². The number of carboxylic acids is 1. The molecule has 1 aromatic carbocycles. The van der Waals surface area contributed by atoms with Gasteiger partial charge < -0.3 is 14.9 Å². The van der Waals surface area contributed by atoms with Crippen molar-refractivity contribution in [2.45, 2.75) is 38.8 Å². The second-order valence-electron chi connectivity index (χ2n) is 7.02. The first-order valence-electron chi connectivity index (χ1n) is 8.82. The van der Waals surface area contributed by atoms with Crippen LogP contribution in [0, 0.1) is 11.8 Å². The number of carbonyl (C=O) groups is 3. The highest BCUT2D eigenvalue weighted by Crippen LogP contribution is 2.28. The van der Waals surface area contributed by atoms with Gasteiger partial charge in [-0.3, -0.25) is 14.4 Å². The van der Waals surface area contributed by atoms with Crippen LogP contribution in [0.15, 0.2) is 30.3 Å². The van der Waals surface area contributed by atoms with Gasteiger partial charge in [-0.2, -0.15) is 0 Å². The molecule has 0 saturated carbocycles. The van der Waals surface area contributed by atoms with Gasteiger partial charge in [0.1, 0.15) is 0 Å². The van der Waals surface area contributed by atoms with E-state index in [1.54, 1.807) is 16.7 Å². The Balaban J connectivity index is 1.65. The highest BCUT2D eigenvalue weighted by atomic mass is 16.4. The topological polar surface area (TPSA) is 77.9 Å². The lowest BCUT2D eigenvalue weighted by Crippen LogP contribution is -2.51. The summed E-state index contributed by atoms with van der Waals surface area (Å²) in [6.45, 7) is 3.30. The fraction of sp³-hybridized carbons (Fsp3) is 0.526. The molecular weight excluding hydrogens is 320 g/mol. The first-order valence-corrected chi connectivity index (χ1v) is 8.82. The lowest BCUT2D eigenvalue weighted by molar-refractivity contribution is -0.150. The van der Waals surface area contributed by atoms with Gasteiger partial charge in [-0.05, 0) is 25.3 Å². The van der Waals surface area contributed by atoms with Gasteiger partial charge in [0.2, 0.25) is 11.8 Å². The minimum absolute atomic E-state index is 0.0124. The smallest absolute Gasteiger partial charge is 0.308 e. The molecule has 2 heterocycles. The number of carboxylic acid groups (broad SMARTS) is 1. The molecule has 134 valence electrons. The molecule has 2 amide bonds. The molecule has 6 nitrogen and oxygen atoms in total. The van der Waals surface area contributed by atoms with Crippen LogP contribution in [-0.2, 0) is 20.9 Å². The molecule has 0 spiro atoms. The van der Waals surface area contributed by atoms with E-state index in [0.717, 1.165) is 5.56 Å². The van der Waals surface area contributed by atoms with Crippen LogP contribution in [0.3, 0.4) is 0 Å². The number of piperidine rings is 1. The summed E-state index contributed by atoms with van der Waals surface area (Å²) in [5.74, 6) is -1.83. The highest BCUT2D eigenvalue weighted by Gasteiger charge is 2.41. The van der Waals surface area contributed by atoms with Crippen molar-refractivity contribution < 1.29 is 19.5 Å². The molecule has 3 rings (SSSR count). The number of rotatable bonds is 4. The summed E-state index contributed by atoms with van der Waals surface area (Å²) in [6, 6.07) is 9.40. The predicted molar refractivity (Wildman–Crippen MR) is 91.5 cm³/mol. The lowest BCUT2D eigenvalue weighted by Gasteiger charge is -2.38. The number of hydrogen-bond acceptors (Lipinski definition) is 3. The van der Waals surface area contributed by atoms with Crippen molar-refractivity contribution in [2.24, 2.45) is 11.8 Å². The third-order valence-corrected chi connectivity index (χ3v) is 5.37. The van der Waals surface area contributed by atoms with Crippen LogP contribution in [-0.4, -0.2) is 51.8 Å². The number of likely N-dealkylation sites (tertiary alicyclic amines) is 2. The van der Waals surface area contributed by atoms with Crippen LogP contribution < -0.4 is 0 Å². The summed E-state index contributed by atoms with van der Waals surface area (Å²) >= 11 is 0. The van der Waals surface area contributed by atoms with Crippen molar-refractivity contribution in [3.05, 3.63) is 35.9 Å². The van der Waals surface area contributed by atoms with E-state index in [1.807, 2.05) is 30.3 Å². The van der Waals surface area contributed by atoms with Gasteiger partial charge in [-0.1, -0.05) is 30.3 Å². The second-order valence-corrected chi connectivity index (χ2v) is 7.02. The van der Waals surface area contributed by atoms with E-state index in [1.165, 1.54) is 0 Å². The summed E-state index contributed by atoms with van der Waals surface area (Å²) < 4.78 is 0. The third-order valence-electron chi connectivity index (χ3n) is 5.37. The maximum atomic E-state index is 12.9. The molecule has 25 heavy (non-hydrogen) atoms. The fourth-order valence-corrected chi connectivity index (χ4v) is 3.91. The van der Waals surface area contributed by atoms with Crippen LogP contribution in [0.1, 0.15) is 31.7 Å². The Kier molecular flexibility index (Phi) is 5.06. The number of hydrogen-bond donors (Lipinski definition) is 1. The lowest BCUT2D eigenvalue weighted by atomic mass is 9.89. The number of amides is 2. The van der Waals surface area contributed by atoms with Crippen LogP contribution >= 0.6 is 0 Å². The van der Waals surface area contributed by atoms with Crippen LogP contribution in [0.5, 0.6) is 0 Å². The van der Waals surface area contributed by atoms with Crippen molar-refractivity contribution in [2.75, 3.05) is 13.1 Å².